The van der Waals surface area contributed by atoms with Crippen molar-refractivity contribution < 1.29 is 4.79 Å². The second-order valence-electron chi connectivity index (χ2n) is 4.16. The fourth-order valence-electron chi connectivity index (χ4n) is 1.60. The molecule has 3 nitrogen and oxygen atoms in total. The maximum absolute atomic E-state index is 12.2. The van der Waals surface area contributed by atoms with Crippen molar-refractivity contribution in [1.29, 1.82) is 0 Å². The molecule has 0 spiro atoms. The van der Waals surface area contributed by atoms with Gasteiger partial charge in [0.2, 0.25) is 0 Å². The van der Waals surface area contributed by atoms with Gasteiger partial charge in [-0.15, -0.1) is 11.3 Å². The van der Waals surface area contributed by atoms with Crippen LogP contribution in [0.1, 0.15) is 28.0 Å². The zero-order chi connectivity index (χ0) is 14.0. The van der Waals surface area contributed by atoms with Crippen LogP contribution in [-0.4, -0.2) is 21.0 Å². The number of thioether (sulfide) groups is 1. The molecule has 0 saturated carbocycles. The summed E-state index contributed by atoms with van der Waals surface area (Å²) in [6.07, 6.45) is 0. The molecule has 2 heterocycles. The Morgan fingerprint density at radius 2 is 1.95 bits per heavy atom. The molecule has 0 aliphatic heterocycles. The predicted octanol–water partition coefficient (Wildman–Crippen LogP) is 4.17. The van der Waals surface area contributed by atoms with Crippen LogP contribution in [0.4, 0.5) is 0 Å². The lowest BCUT2D eigenvalue weighted by molar-refractivity contribution is 0.0997. The van der Waals surface area contributed by atoms with Gasteiger partial charge >= 0.3 is 0 Å². The minimum absolute atomic E-state index is 0.0599. The molecular weight excluding hydrogens is 300 g/mol. The van der Waals surface area contributed by atoms with Gasteiger partial charge in [0.25, 0.3) is 0 Å². The normalized spacial score (nSPS) is 12.4. The summed E-state index contributed by atoms with van der Waals surface area (Å²) < 4.78 is 0.628. The molecule has 100 valence electrons. The SMILES string of the molecule is Cc1cc(C)nc(SC(C)C(=O)c2ccc(Cl)s2)n1. The summed E-state index contributed by atoms with van der Waals surface area (Å²) in [5.41, 5.74) is 1.82. The summed E-state index contributed by atoms with van der Waals surface area (Å²) in [4.78, 5) is 21.5. The van der Waals surface area contributed by atoms with E-state index in [-0.39, 0.29) is 11.0 Å². The summed E-state index contributed by atoms with van der Waals surface area (Å²) in [6, 6.07) is 5.41. The third-order valence-electron chi connectivity index (χ3n) is 2.43. The van der Waals surface area contributed by atoms with Crippen molar-refractivity contribution in [3.63, 3.8) is 0 Å². The summed E-state index contributed by atoms with van der Waals surface area (Å²) in [5.74, 6) is 0.0599. The molecule has 19 heavy (non-hydrogen) atoms. The van der Waals surface area contributed by atoms with Gasteiger partial charge in [0.1, 0.15) is 0 Å². The van der Waals surface area contributed by atoms with Gasteiger partial charge < -0.3 is 0 Å². The van der Waals surface area contributed by atoms with Crippen molar-refractivity contribution in [3.05, 3.63) is 38.8 Å². The Balaban J connectivity index is 2.12. The maximum Gasteiger partial charge on any atom is 0.188 e. The highest BCUT2D eigenvalue weighted by atomic mass is 35.5. The molecule has 2 rings (SSSR count). The first-order chi connectivity index (χ1) is 8.95. The molecule has 0 bridgehead atoms. The van der Waals surface area contributed by atoms with E-state index < -0.39 is 0 Å². The number of thiophene rings is 1. The predicted molar refractivity (Wildman–Crippen MR) is 80.5 cm³/mol. The van der Waals surface area contributed by atoms with Crippen molar-refractivity contribution >= 4 is 40.5 Å². The molecular formula is C13H13ClN2OS2. The summed E-state index contributed by atoms with van der Waals surface area (Å²) in [7, 11) is 0. The molecule has 2 aromatic heterocycles. The second kappa shape index (κ2) is 6.03. The van der Waals surface area contributed by atoms with E-state index in [0.29, 0.717) is 14.4 Å². The smallest absolute Gasteiger partial charge is 0.188 e. The van der Waals surface area contributed by atoms with E-state index in [4.69, 9.17) is 11.6 Å². The van der Waals surface area contributed by atoms with E-state index >= 15 is 0 Å². The van der Waals surface area contributed by atoms with Crippen LogP contribution < -0.4 is 0 Å². The third-order valence-corrected chi connectivity index (χ3v) is 4.64. The highest BCUT2D eigenvalue weighted by molar-refractivity contribution is 8.00. The number of aromatic nitrogens is 2. The molecule has 0 aromatic carbocycles. The van der Waals surface area contributed by atoms with Gasteiger partial charge in [0.15, 0.2) is 10.9 Å². The number of nitrogens with zero attached hydrogens (tertiary/aromatic N) is 2. The lowest BCUT2D eigenvalue weighted by atomic mass is 10.2. The van der Waals surface area contributed by atoms with Crippen LogP contribution in [0, 0.1) is 13.8 Å². The van der Waals surface area contributed by atoms with Crippen molar-refractivity contribution in [2.45, 2.75) is 31.2 Å². The monoisotopic (exact) mass is 312 g/mol. The lowest BCUT2D eigenvalue weighted by Crippen LogP contribution is -2.12. The first kappa shape index (κ1) is 14.5. The molecule has 0 aliphatic carbocycles. The van der Waals surface area contributed by atoms with Gasteiger partial charge in [-0.25, -0.2) is 9.97 Å². The zero-order valence-corrected chi connectivity index (χ0v) is 13.2. The maximum atomic E-state index is 12.2. The van der Waals surface area contributed by atoms with Crippen LogP contribution in [0.5, 0.6) is 0 Å². The molecule has 1 atom stereocenters. The van der Waals surface area contributed by atoms with Crippen LogP contribution in [0.15, 0.2) is 23.4 Å². The van der Waals surface area contributed by atoms with Gasteiger partial charge in [0, 0.05) is 11.4 Å². The average Bonchev–Trinajstić information content (AvgIpc) is 2.73. The van der Waals surface area contributed by atoms with Crippen LogP contribution in [0.25, 0.3) is 0 Å². The lowest BCUT2D eigenvalue weighted by Gasteiger charge is -2.08. The Kier molecular flexibility index (Phi) is 4.60. The number of ketones is 1. The Bertz CT molecular complexity index is 592. The van der Waals surface area contributed by atoms with Gasteiger partial charge in [-0.1, -0.05) is 23.4 Å². The second-order valence-corrected chi connectivity index (χ2v) is 7.18. The number of rotatable bonds is 4. The quantitative estimate of drug-likeness (QED) is 0.483. The van der Waals surface area contributed by atoms with Crippen LogP contribution in [-0.2, 0) is 0 Å². The highest BCUT2D eigenvalue weighted by Crippen LogP contribution is 2.28. The van der Waals surface area contributed by atoms with Crippen LogP contribution in [0.2, 0.25) is 4.34 Å². The molecule has 0 saturated heterocycles. The van der Waals surface area contributed by atoms with Crippen LogP contribution >= 0.6 is 34.7 Å². The molecule has 0 fully saturated rings. The number of aryl methyl sites for hydroxylation is 2. The Morgan fingerprint density at radius 3 is 2.47 bits per heavy atom. The van der Waals surface area contributed by atoms with E-state index in [1.54, 1.807) is 12.1 Å². The van der Waals surface area contributed by atoms with Gasteiger partial charge in [-0.2, -0.15) is 0 Å². The molecule has 6 heteroatoms. The fourth-order valence-corrected chi connectivity index (χ4v) is 3.70. The van der Waals surface area contributed by atoms with E-state index in [0.717, 1.165) is 11.4 Å². The number of Topliss-reactive ketones (excluding diaryl/α,β-unsaturated/α-hetero) is 1. The summed E-state index contributed by atoms with van der Waals surface area (Å²) in [5, 5.41) is 0.414. The highest BCUT2D eigenvalue weighted by Gasteiger charge is 2.19. The summed E-state index contributed by atoms with van der Waals surface area (Å²) >= 11 is 8.52. The fraction of sp³-hybridized carbons (Fsp3) is 0.308. The first-order valence-corrected chi connectivity index (χ1v) is 7.81. The first-order valence-electron chi connectivity index (χ1n) is 5.74. The topological polar surface area (TPSA) is 42.9 Å². The minimum Gasteiger partial charge on any atom is -0.292 e. The Morgan fingerprint density at radius 1 is 1.32 bits per heavy atom. The summed E-state index contributed by atoms with van der Waals surface area (Å²) in [6.45, 7) is 5.70. The largest absolute Gasteiger partial charge is 0.292 e. The van der Waals surface area contributed by atoms with Crippen LogP contribution in [0.3, 0.4) is 0 Å². The van der Waals surface area contributed by atoms with Crippen molar-refractivity contribution in [1.82, 2.24) is 9.97 Å². The molecule has 0 N–H and O–H groups in total. The van der Waals surface area contributed by atoms with Gasteiger partial charge in [0.05, 0.1) is 14.5 Å². The van der Waals surface area contributed by atoms with E-state index in [2.05, 4.69) is 9.97 Å². The number of halogens is 1. The van der Waals surface area contributed by atoms with Crippen molar-refractivity contribution in [2.75, 3.05) is 0 Å². The standard InChI is InChI=1S/C13H13ClN2OS2/c1-7-6-8(2)16-13(15-7)18-9(3)12(17)10-4-5-11(14)19-10/h4-6,9H,1-3H3. The Labute approximate surface area is 125 Å². The molecule has 0 aliphatic rings. The number of carbonyl (C=O) groups excluding carboxylic acids is 1. The molecule has 0 amide bonds. The minimum atomic E-state index is -0.226. The van der Waals surface area contributed by atoms with Gasteiger partial charge in [-0.3, -0.25) is 4.79 Å². The molecule has 2 aromatic rings. The number of carbonyl (C=O) groups is 1. The Hall–Kier alpha value is -0.910. The van der Waals surface area contributed by atoms with E-state index in [9.17, 15) is 4.79 Å². The zero-order valence-electron chi connectivity index (χ0n) is 10.8. The van der Waals surface area contributed by atoms with Crippen molar-refractivity contribution in [2.24, 2.45) is 0 Å². The third kappa shape index (κ3) is 3.78. The average molecular weight is 313 g/mol. The van der Waals surface area contributed by atoms with Crippen molar-refractivity contribution in [3.8, 4) is 0 Å². The number of hydrogen-bond donors (Lipinski definition) is 0. The molecule has 0 radical (unpaired) electrons. The van der Waals surface area contributed by atoms with Gasteiger partial charge in [-0.05, 0) is 39.0 Å². The number of hydrogen-bond acceptors (Lipinski definition) is 5. The van der Waals surface area contributed by atoms with E-state index in [1.165, 1.54) is 23.1 Å². The van der Waals surface area contributed by atoms with E-state index in [1.807, 2.05) is 26.8 Å². The molecule has 1 unspecified atom stereocenters.